The topological polar surface area (TPSA) is 79.4 Å². The Hall–Kier alpha value is -3.19. The molecule has 0 bridgehead atoms. The predicted octanol–water partition coefficient (Wildman–Crippen LogP) is 3.86. The van der Waals surface area contributed by atoms with Gasteiger partial charge in [0, 0.05) is 30.2 Å². The third kappa shape index (κ3) is 4.14. The standard InChI is InChI=1S/C22H21N3O3S/c26-22(25-14-6-12-21(25)18-8-5-13-23-16-18)17-7-4-9-19(15-17)24-29(27,28)20-10-2-1-3-11-20/h1-5,7-11,13,15-16,21,24H,6,12,14H2/t21-/m0/s1. The third-order valence-electron chi connectivity index (χ3n) is 5.00. The lowest BCUT2D eigenvalue weighted by Crippen LogP contribution is -2.30. The highest BCUT2D eigenvalue weighted by Gasteiger charge is 2.30. The summed E-state index contributed by atoms with van der Waals surface area (Å²) in [6.07, 6.45) is 5.32. The van der Waals surface area contributed by atoms with Crippen LogP contribution < -0.4 is 4.72 Å². The number of carbonyl (C=O) groups is 1. The number of carbonyl (C=O) groups excluding carboxylic acids is 1. The fourth-order valence-electron chi connectivity index (χ4n) is 3.62. The zero-order valence-corrected chi connectivity index (χ0v) is 16.5. The number of rotatable bonds is 5. The molecule has 1 amide bonds. The summed E-state index contributed by atoms with van der Waals surface area (Å²) in [7, 11) is -3.71. The number of hydrogen-bond donors (Lipinski definition) is 1. The summed E-state index contributed by atoms with van der Waals surface area (Å²) in [4.78, 5) is 19.3. The van der Waals surface area contributed by atoms with Crippen molar-refractivity contribution in [1.29, 1.82) is 0 Å². The predicted molar refractivity (Wildman–Crippen MR) is 111 cm³/mol. The third-order valence-corrected chi connectivity index (χ3v) is 6.40. The lowest BCUT2D eigenvalue weighted by Gasteiger charge is -2.25. The van der Waals surface area contributed by atoms with Crippen molar-refractivity contribution in [3.8, 4) is 0 Å². The maximum Gasteiger partial charge on any atom is 0.261 e. The molecule has 6 nitrogen and oxygen atoms in total. The van der Waals surface area contributed by atoms with E-state index < -0.39 is 10.0 Å². The Bertz CT molecular complexity index is 1100. The minimum Gasteiger partial charge on any atom is -0.332 e. The molecule has 1 aliphatic rings. The van der Waals surface area contributed by atoms with E-state index >= 15 is 0 Å². The summed E-state index contributed by atoms with van der Waals surface area (Å²) in [5.74, 6) is -0.114. The van der Waals surface area contributed by atoms with Crippen LogP contribution in [0.5, 0.6) is 0 Å². The van der Waals surface area contributed by atoms with Gasteiger partial charge in [-0.15, -0.1) is 0 Å². The molecule has 3 aromatic rings. The van der Waals surface area contributed by atoms with Gasteiger partial charge in [0.25, 0.3) is 15.9 Å². The average molecular weight is 407 g/mol. The van der Waals surface area contributed by atoms with E-state index in [1.807, 2.05) is 17.0 Å². The lowest BCUT2D eigenvalue weighted by molar-refractivity contribution is 0.0735. The Labute approximate surface area is 170 Å². The van der Waals surface area contributed by atoms with Gasteiger partial charge >= 0.3 is 0 Å². The molecule has 1 atom stereocenters. The van der Waals surface area contributed by atoms with E-state index in [-0.39, 0.29) is 16.8 Å². The molecule has 0 aliphatic carbocycles. The molecular weight excluding hydrogens is 386 g/mol. The van der Waals surface area contributed by atoms with Crippen LogP contribution in [-0.4, -0.2) is 30.8 Å². The van der Waals surface area contributed by atoms with Crippen molar-refractivity contribution < 1.29 is 13.2 Å². The number of sulfonamides is 1. The van der Waals surface area contributed by atoms with E-state index in [2.05, 4.69) is 9.71 Å². The molecule has 1 fully saturated rings. The molecule has 2 aromatic carbocycles. The van der Waals surface area contributed by atoms with Crippen molar-refractivity contribution in [2.24, 2.45) is 0 Å². The lowest BCUT2D eigenvalue weighted by atomic mass is 10.1. The van der Waals surface area contributed by atoms with Crippen LogP contribution in [0.15, 0.2) is 84.0 Å². The first-order valence-electron chi connectivity index (χ1n) is 9.43. The van der Waals surface area contributed by atoms with Crippen molar-refractivity contribution in [2.75, 3.05) is 11.3 Å². The molecule has 29 heavy (non-hydrogen) atoms. The molecule has 1 N–H and O–H groups in total. The Balaban J connectivity index is 1.56. The fourth-order valence-corrected chi connectivity index (χ4v) is 4.70. The SMILES string of the molecule is O=C(c1cccc(NS(=O)(=O)c2ccccc2)c1)N1CCC[C@H]1c1cccnc1. The minimum atomic E-state index is -3.71. The highest BCUT2D eigenvalue weighted by Crippen LogP contribution is 2.33. The number of hydrogen-bond acceptors (Lipinski definition) is 4. The molecule has 2 heterocycles. The molecule has 0 spiro atoms. The van der Waals surface area contributed by atoms with Crippen LogP contribution in [0.2, 0.25) is 0 Å². The Morgan fingerprint density at radius 3 is 2.62 bits per heavy atom. The van der Waals surface area contributed by atoms with Crippen LogP contribution in [0.1, 0.15) is 34.8 Å². The van der Waals surface area contributed by atoms with Crippen LogP contribution in [0, 0.1) is 0 Å². The number of anilines is 1. The van der Waals surface area contributed by atoms with Crippen LogP contribution in [0.25, 0.3) is 0 Å². The fraction of sp³-hybridized carbons (Fsp3) is 0.182. The second kappa shape index (κ2) is 8.05. The van der Waals surface area contributed by atoms with E-state index in [9.17, 15) is 13.2 Å². The molecule has 4 rings (SSSR count). The number of likely N-dealkylation sites (tertiary alicyclic amines) is 1. The first-order chi connectivity index (χ1) is 14.0. The Morgan fingerprint density at radius 1 is 1.03 bits per heavy atom. The van der Waals surface area contributed by atoms with E-state index in [0.29, 0.717) is 17.8 Å². The molecule has 0 unspecified atom stereocenters. The first-order valence-corrected chi connectivity index (χ1v) is 10.9. The molecule has 1 saturated heterocycles. The monoisotopic (exact) mass is 407 g/mol. The van der Waals surface area contributed by atoms with Crippen molar-refractivity contribution >= 4 is 21.6 Å². The first kappa shape index (κ1) is 19.1. The summed E-state index contributed by atoms with van der Waals surface area (Å²) in [5, 5.41) is 0. The molecule has 0 saturated carbocycles. The summed E-state index contributed by atoms with van der Waals surface area (Å²) in [6.45, 7) is 0.665. The van der Waals surface area contributed by atoms with Gasteiger partial charge < -0.3 is 4.90 Å². The zero-order valence-electron chi connectivity index (χ0n) is 15.7. The summed E-state index contributed by atoms with van der Waals surface area (Å²) >= 11 is 0. The Kier molecular flexibility index (Phi) is 5.31. The van der Waals surface area contributed by atoms with Gasteiger partial charge in [0.05, 0.1) is 10.9 Å². The van der Waals surface area contributed by atoms with Gasteiger partial charge in [0.2, 0.25) is 0 Å². The molecule has 148 valence electrons. The van der Waals surface area contributed by atoms with Gasteiger partial charge in [-0.3, -0.25) is 14.5 Å². The van der Waals surface area contributed by atoms with Crippen molar-refractivity contribution in [3.63, 3.8) is 0 Å². The second-order valence-electron chi connectivity index (χ2n) is 6.94. The number of nitrogens with zero attached hydrogens (tertiary/aromatic N) is 2. The highest BCUT2D eigenvalue weighted by molar-refractivity contribution is 7.92. The summed E-state index contributed by atoms with van der Waals surface area (Å²) in [6, 6.07) is 18.6. The van der Waals surface area contributed by atoms with Gasteiger partial charge in [0.1, 0.15) is 0 Å². The quantitative estimate of drug-likeness (QED) is 0.697. The number of amides is 1. The number of pyridine rings is 1. The van der Waals surface area contributed by atoms with Gasteiger partial charge in [-0.1, -0.05) is 30.3 Å². The van der Waals surface area contributed by atoms with Crippen LogP contribution in [-0.2, 0) is 10.0 Å². The second-order valence-corrected chi connectivity index (χ2v) is 8.62. The highest BCUT2D eigenvalue weighted by atomic mass is 32.2. The number of nitrogens with one attached hydrogen (secondary N) is 1. The van der Waals surface area contributed by atoms with Crippen molar-refractivity contribution in [3.05, 3.63) is 90.3 Å². The zero-order chi connectivity index (χ0) is 20.3. The maximum atomic E-state index is 13.1. The van der Waals surface area contributed by atoms with E-state index in [4.69, 9.17) is 0 Å². The maximum absolute atomic E-state index is 13.1. The van der Waals surface area contributed by atoms with Crippen LogP contribution in [0.3, 0.4) is 0 Å². The van der Waals surface area contributed by atoms with Gasteiger partial charge in [-0.2, -0.15) is 0 Å². The van der Waals surface area contributed by atoms with E-state index in [1.165, 1.54) is 12.1 Å². The largest absolute Gasteiger partial charge is 0.332 e. The van der Waals surface area contributed by atoms with Gasteiger partial charge in [0.15, 0.2) is 0 Å². The molecular formula is C22H21N3O3S. The molecule has 0 radical (unpaired) electrons. The number of aromatic nitrogens is 1. The summed E-state index contributed by atoms with van der Waals surface area (Å²) < 4.78 is 27.7. The minimum absolute atomic E-state index is 0.0131. The number of benzene rings is 2. The van der Waals surface area contributed by atoms with Crippen LogP contribution >= 0.6 is 0 Å². The van der Waals surface area contributed by atoms with Crippen LogP contribution in [0.4, 0.5) is 5.69 Å². The summed E-state index contributed by atoms with van der Waals surface area (Å²) in [5.41, 5.74) is 1.82. The average Bonchev–Trinajstić information content (AvgIpc) is 3.24. The molecule has 7 heteroatoms. The van der Waals surface area contributed by atoms with E-state index in [0.717, 1.165) is 18.4 Å². The van der Waals surface area contributed by atoms with Gasteiger partial charge in [-0.25, -0.2) is 8.42 Å². The normalized spacial score (nSPS) is 16.6. The van der Waals surface area contributed by atoms with Crippen molar-refractivity contribution in [2.45, 2.75) is 23.8 Å². The Morgan fingerprint density at radius 2 is 1.86 bits per heavy atom. The van der Waals surface area contributed by atoms with Gasteiger partial charge in [-0.05, 0) is 54.8 Å². The molecule has 1 aromatic heterocycles. The molecule has 1 aliphatic heterocycles. The van der Waals surface area contributed by atoms with Crippen molar-refractivity contribution in [1.82, 2.24) is 9.88 Å². The van der Waals surface area contributed by atoms with E-state index in [1.54, 1.807) is 54.9 Å². The smallest absolute Gasteiger partial charge is 0.261 e.